The molecule has 38 heavy (non-hydrogen) atoms. The van der Waals surface area contributed by atoms with Crippen molar-refractivity contribution in [1.82, 2.24) is 14.5 Å². The Morgan fingerprint density at radius 1 is 1.05 bits per heavy atom. The maximum Gasteiger partial charge on any atom is 0.227 e. The zero-order valence-corrected chi connectivity index (χ0v) is 24.2. The molecule has 0 aliphatic heterocycles. The number of aromatic nitrogens is 2. The number of imidazole rings is 1. The molecule has 3 aromatic rings. The zero-order chi connectivity index (χ0) is 27.2. The lowest BCUT2D eigenvalue weighted by molar-refractivity contribution is -0.131. The third-order valence-corrected chi connectivity index (χ3v) is 7.95. The number of carbonyl (C=O) groups is 1. The van der Waals surface area contributed by atoms with Gasteiger partial charge in [0.05, 0.1) is 44.4 Å². The van der Waals surface area contributed by atoms with E-state index in [4.69, 9.17) is 37.7 Å². The molecule has 1 heterocycles. The minimum atomic E-state index is 0.00466. The highest BCUT2D eigenvalue weighted by atomic mass is 35.5. The van der Waals surface area contributed by atoms with Crippen LogP contribution in [0.15, 0.2) is 36.4 Å². The van der Waals surface area contributed by atoms with Crippen LogP contribution in [0.5, 0.6) is 11.5 Å². The largest absolute Gasteiger partial charge is 0.493 e. The lowest BCUT2D eigenvalue weighted by Gasteiger charge is -2.25. The molecule has 0 bridgehead atoms. The van der Waals surface area contributed by atoms with Gasteiger partial charge in [0.2, 0.25) is 5.91 Å². The summed E-state index contributed by atoms with van der Waals surface area (Å²) in [6, 6.07) is 11.6. The third kappa shape index (κ3) is 6.47. The fourth-order valence-electron chi connectivity index (χ4n) is 4.98. The second-order valence-electron chi connectivity index (χ2n) is 10.3. The van der Waals surface area contributed by atoms with Crippen LogP contribution in [-0.4, -0.2) is 41.1 Å². The molecule has 0 fully saturated rings. The zero-order valence-electron chi connectivity index (χ0n) is 22.7. The molecule has 1 aliphatic carbocycles. The Morgan fingerprint density at radius 2 is 1.82 bits per heavy atom. The summed E-state index contributed by atoms with van der Waals surface area (Å²) in [7, 11) is 3.11. The van der Waals surface area contributed by atoms with Gasteiger partial charge in [-0.25, -0.2) is 4.98 Å². The molecule has 1 aliphatic rings. The highest BCUT2D eigenvalue weighted by molar-refractivity contribution is 6.33. The lowest BCUT2D eigenvalue weighted by atomic mass is 10.0. The monoisotopic (exact) mass is 557 g/mol. The van der Waals surface area contributed by atoms with E-state index in [0.717, 1.165) is 54.2 Å². The van der Waals surface area contributed by atoms with Crippen molar-refractivity contribution in [2.75, 3.05) is 20.8 Å². The maximum atomic E-state index is 13.7. The first kappa shape index (κ1) is 28.3. The van der Waals surface area contributed by atoms with Crippen LogP contribution in [0.25, 0.3) is 0 Å². The van der Waals surface area contributed by atoms with E-state index in [9.17, 15) is 4.79 Å². The molecule has 204 valence electrons. The number of hydrogen-bond acceptors (Lipinski definition) is 4. The second kappa shape index (κ2) is 12.9. The molecule has 8 heteroatoms. The Kier molecular flexibility index (Phi) is 9.61. The van der Waals surface area contributed by atoms with E-state index in [-0.39, 0.29) is 12.3 Å². The van der Waals surface area contributed by atoms with Crippen molar-refractivity contribution in [2.24, 2.45) is 5.92 Å². The van der Waals surface area contributed by atoms with E-state index in [1.807, 2.05) is 29.2 Å². The van der Waals surface area contributed by atoms with E-state index >= 15 is 0 Å². The first-order valence-electron chi connectivity index (χ1n) is 13.3. The first-order chi connectivity index (χ1) is 18.3. The number of carbonyl (C=O) groups excluding carboxylic acids is 1. The lowest BCUT2D eigenvalue weighted by Crippen LogP contribution is -2.34. The van der Waals surface area contributed by atoms with Crippen LogP contribution in [0.1, 0.15) is 61.4 Å². The van der Waals surface area contributed by atoms with Gasteiger partial charge in [-0.05, 0) is 61.3 Å². The fraction of sp³-hybridized carbons (Fsp3) is 0.467. The van der Waals surface area contributed by atoms with Gasteiger partial charge in [-0.3, -0.25) is 4.79 Å². The number of methoxy groups -OCH3 is 2. The number of aryl methyl sites for hydroxylation is 1. The Morgan fingerprint density at radius 3 is 2.53 bits per heavy atom. The van der Waals surface area contributed by atoms with Crippen LogP contribution in [0, 0.1) is 5.92 Å². The topological polar surface area (TPSA) is 56.6 Å². The standard InChI is InChI=1S/C30H37Cl2N3O3/c1-20(2)15-16-34(28(36)17-21-13-14-26(37-3)30(38-4)29(21)32)19-27-33-24-11-7-8-12-25(24)35(27)18-22-9-5-6-10-23(22)31/h5-6,9-10,13-14,20H,7-8,11-12,15-19H2,1-4H3. The average molecular weight is 559 g/mol. The molecule has 0 unspecified atom stereocenters. The summed E-state index contributed by atoms with van der Waals surface area (Å²) >= 11 is 13.2. The summed E-state index contributed by atoms with van der Waals surface area (Å²) in [5.41, 5.74) is 4.18. The predicted octanol–water partition coefficient (Wildman–Crippen LogP) is 6.75. The van der Waals surface area contributed by atoms with Crippen LogP contribution in [-0.2, 0) is 37.1 Å². The summed E-state index contributed by atoms with van der Waals surface area (Å²) in [6.45, 7) is 6.07. The average Bonchev–Trinajstić information content (AvgIpc) is 3.25. The van der Waals surface area contributed by atoms with Crippen molar-refractivity contribution < 1.29 is 14.3 Å². The van der Waals surface area contributed by atoms with Gasteiger partial charge >= 0.3 is 0 Å². The Hall–Kier alpha value is -2.70. The molecule has 0 saturated carbocycles. The smallest absolute Gasteiger partial charge is 0.227 e. The molecular formula is C30H37Cl2N3O3. The minimum Gasteiger partial charge on any atom is -0.493 e. The van der Waals surface area contributed by atoms with E-state index < -0.39 is 0 Å². The number of amides is 1. The molecule has 0 N–H and O–H groups in total. The van der Waals surface area contributed by atoms with Crippen molar-refractivity contribution >= 4 is 29.1 Å². The summed E-state index contributed by atoms with van der Waals surface area (Å²) in [4.78, 5) is 20.7. The first-order valence-corrected chi connectivity index (χ1v) is 14.1. The van der Waals surface area contributed by atoms with E-state index in [1.54, 1.807) is 20.3 Å². The Labute approximate surface area is 235 Å². The molecule has 0 radical (unpaired) electrons. The van der Waals surface area contributed by atoms with Gasteiger partial charge in [-0.2, -0.15) is 0 Å². The number of halogens is 2. The second-order valence-corrected chi connectivity index (χ2v) is 11.0. The molecule has 1 aromatic heterocycles. The quantitative estimate of drug-likeness (QED) is 0.261. The highest BCUT2D eigenvalue weighted by Crippen LogP contribution is 2.37. The molecule has 0 spiro atoms. The predicted molar refractivity (Wildman–Crippen MR) is 153 cm³/mol. The number of ether oxygens (including phenoxy) is 2. The molecule has 4 rings (SSSR count). The maximum absolute atomic E-state index is 13.7. The Balaban J connectivity index is 1.64. The van der Waals surface area contributed by atoms with Crippen molar-refractivity contribution in [1.29, 1.82) is 0 Å². The Bertz CT molecular complexity index is 1270. The van der Waals surface area contributed by atoms with Crippen LogP contribution >= 0.6 is 23.2 Å². The summed E-state index contributed by atoms with van der Waals surface area (Å²) < 4.78 is 13.1. The number of fused-ring (bicyclic) bond motifs is 1. The molecule has 0 atom stereocenters. The number of nitrogens with zero attached hydrogens (tertiary/aromatic N) is 3. The van der Waals surface area contributed by atoms with Crippen molar-refractivity contribution in [3.63, 3.8) is 0 Å². The van der Waals surface area contributed by atoms with E-state index in [0.29, 0.717) is 47.6 Å². The number of hydrogen-bond donors (Lipinski definition) is 0. The van der Waals surface area contributed by atoms with Gasteiger partial charge in [0.25, 0.3) is 0 Å². The van der Waals surface area contributed by atoms with Crippen molar-refractivity contribution in [3.05, 3.63) is 74.8 Å². The van der Waals surface area contributed by atoms with E-state index in [2.05, 4.69) is 24.5 Å². The van der Waals surface area contributed by atoms with Crippen molar-refractivity contribution in [3.8, 4) is 11.5 Å². The van der Waals surface area contributed by atoms with Gasteiger partial charge in [0, 0.05) is 17.3 Å². The molecule has 6 nitrogen and oxygen atoms in total. The van der Waals surface area contributed by atoms with E-state index in [1.165, 1.54) is 5.69 Å². The minimum absolute atomic E-state index is 0.00466. The fourth-order valence-corrected chi connectivity index (χ4v) is 5.47. The van der Waals surface area contributed by atoms with Crippen LogP contribution in [0.4, 0.5) is 0 Å². The summed E-state index contributed by atoms with van der Waals surface area (Å²) in [5, 5.41) is 1.15. The SMILES string of the molecule is COc1ccc(CC(=O)N(CCC(C)C)Cc2nc3c(n2Cc2ccccc2Cl)CCCC3)c(Cl)c1OC. The third-order valence-electron chi connectivity index (χ3n) is 7.17. The van der Waals surface area contributed by atoms with Crippen LogP contribution in [0.3, 0.4) is 0 Å². The normalized spacial score (nSPS) is 12.9. The number of rotatable bonds is 11. The molecular weight excluding hydrogens is 521 g/mol. The number of benzene rings is 2. The van der Waals surface area contributed by atoms with Gasteiger partial charge < -0.3 is 18.9 Å². The van der Waals surface area contributed by atoms with Crippen LogP contribution in [0.2, 0.25) is 10.0 Å². The van der Waals surface area contributed by atoms with Gasteiger partial charge in [0.1, 0.15) is 5.82 Å². The molecule has 1 amide bonds. The van der Waals surface area contributed by atoms with Gasteiger partial charge in [-0.1, -0.05) is 61.3 Å². The summed E-state index contributed by atoms with van der Waals surface area (Å²) in [6.07, 6.45) is 5.32. The van der Waals surface area contributed by atoms with Crippen LogP contribution < -0.4 is 9.47 Å². The van der Waals surface area contributed by atoms with Gasteiger partial charge in [0.15, 0.2) is 11.5 Å². The molecule has 2 aromatic carbocycles. The van der Waals surface area contributed by atoms with Gasteiger partial charge in [-0.15, -0.1) is 0 Å². The van der Waals surface area contributed by atoms with Crippen molar-refractivity contribution in [2.45, 2.75) is 65.5 Å². The summed E-state index contributed by atoms with van der Waals surface area (Å²) in [5.74, 6) is 2.36. The molecule has 0 saturated heterocycles. The highest BCUT2D eigenvalue weighted by Gasteiger charge is 2.25.